The summed E-state index contributed by atoms with van der Waals surface area (Å²) in [7, 11) is 0. The molecule has 82 valence electrons. The van der Waals surface area contributed by atoms with Crippen molar-refractivity contribution in [1.82, 2.24) is 0 Å². The lowest BCUT2D eigenvalue weighted by molar-refractivity contribution is -0.118. The normalized spacial score (nSPS) is 21.5. The van der Waals surface area contributed by atoms with Crippen LogP contribution in [0.2, 0.25) is 4.34 Å². The highest BCUT2D eigenvalue weighted by atomic mass is 35.5. The van der Waals surface area contributed by atoms with Crippen LogP contribution in [0.15, 0.2) is 12.1 Å². The zero-order chi connectivity index (χ0) is 10.7. The molecule has 1 fully saturated rings. The molecular formula is C11H13ClOS2. The first kappa shape index (κ1) is 11.5. The molecule has 1 aliphatic heterocycles. The first-order chi connectivity index (χ1) is 7.25. The van der Waals surface area contributed by atoms with Crippen molar-refractivity contribution in [3.63, 3.8) is 0 Å². The maximum atomic E-state index is 11.9. The number of carbonyl (C=O) groups is 1. The molecule has 0 radical (unpaired) electrons. The fourth-order valence-corrected chi connectivity index (χ4v) is 4.08. The monoisotopic (exact) mass is 260 g/mol. The number of thiophene rings is 1. The van der Waals surface area contributed by atoms with Crippen molar-refractivity contribution in [1.29, 1.82) is 0 Å². The molecule has 0 bridgehead atoms. The molecule has 0 N–H and O–H groups in total. The number of halogens is 1. The minimum Gasteiger partial charge on any atom is -0.298 e. The molecule has 15 heavy (non-hydrogen) atoms. The van der Waals surface area contributed by atoms with E-state index in [-0.39, 0.29) is 5.25 Å². The van der Waals surface area contributed by atoms with Crippen LogP contribution in [0, 0.1) is 0 Å². The molecule has 0 spiro atoms. The van der Waals surface area contributed by atoms with E-state index >= 15 is 0 Å². The second kappa shape index (κ2) is 5.37. The number of thioether (sulfide) groups is 1. The molecule has 0 saturated carbocycles. The van der Waals surface area contributed by atoms with Gasteiger partial charge in [0.2, 0.25) is 0 Å². The highest BCUT2D eigenvalue weighted by molar-refractivity contribution is 8.00. The maximum absolute atomic E-state index is 11.9. The molecule has 1 atom stereocenters. The van der Waals surface area contributed by atoms with Gasteiger partial charge in [0.05, 0.1) is 9.59 Å². The van der Waals surface area contributed by atoms with Crippen molar-refractivity contribution in [3.8, 4) is 0 Å². The fraction of sp³-hybridized carbons (Fsp3) is 0.545. The number of Topliss-reactive ketones (excluding diaryl/α,β-unsaturated/α-hetero) is 1. The first-order valence-electron chi connectivity index (χ1n) is 5.14. The van der Waals surface area contributed by atoms with E-state index in [1.54, 1.807) is 0 Å². The Morgan fingerprint density at radius 2 is 2.33 bits per heavy atom. The lowest BCUT2D eigenvalue weighted by Crippen LogP contribution is -2.22. The summed E-state index contributed by atoms with van der Waals surface area (Å²) in [5.41, 5.74) is 0. The average Bonchev–Trinajstić information content (AvgIpc) is 2.65. The van der Waals surface area contributed by atoms with Gasteiger partial charge in [0.25, 0.3) is 0 Å². The van der Waals surface area contributed by atoms with Crippen LogP contribution in [0.4, 0.5) is 0 Å². The first-order valence-corrected chi connectivity index (χ1v) is 7.38. The molecule has 4 heteroatoms. The molecule has 1 aromatic rings. The molecule has 1 aliphatic rings. The summed E-state index contributed by atoms with van der Waals surface area (Å²) >= 11 is 9.17. The van der Waals surface area contributed by atoms with Crippen molar-refractivity contribution in [2.75, 3.05) is 5.75 Å². The SMILES string of the molecule is O=C(Cc1ccc(Cl)s1)C1CCCCS1. The largest absolute Gasteiger partial charge is 0.298 e. The van der Waals surface area contributed by atoms with Crippen LogP contribution in [0.1, 0.15) is 24.1 Å². The van der Waals surface area contributed by atoms with Gasteiger partial charge in [-0.2, -0.15) is 11.8 Å². The summed E-state index contributed by atoms with van der Waals surface area (Å²) in [4.78, 5) is 13.0. The van der Waals surface area contributed by atoms with Gasteiger partial charge in [0.15, 0.2) is 5.78 Å². The van der Waals surface area contributed by atoms with Crippen LogP contribution in [0.3, 0.4) is 0 Å². The van der Waals surface area contributed by atoms with Gasteiger partial charge < -0.3 is 0 Å². The van der Waals surface area contributed by atoms with Crippen molar-refractivity contribution in [2.45, 2.75) is 30.9 Å². The number of hydrogen-bond donors (Lipinski definition) is 0. The maximum Gasteiger partial charge on any atom is 0.150 e. The highest BCUT2D eigenvalue weighted by Gasteiger charge is 2.21. The van der Waals surface area contributed by atoms with Crippen LogP contribution in [0.25, 0.3) is 0 Å². The Hall–Kier alpha value is 0.01000. The number of hydrogen-bond acceptors (Lipinski definition) is 3. The molecule has 2 rings (SSSR count). The summed E-state index contributed by atoms with van der Waals surface area (Å²) in [6.45, 7) is 0. The fourth-order valence-electron chi connectivity index (χ4n) is 1.73. The standard InChI is InChI=1S/C11H13ClOS2/c12-11-5-4-8(15-11)7-9(13)10-3-1-2-6-14-10/h4-5,10H,1-3,6-7H2. The van der Waals surface area contributed by atoms with E-state index in [1.807, 2.05) is 23.9 Å². The second-order valence-corrected chi connectivity index (χ2v) is 6.81. The van der Waals surface area contributed by atoms with E-state index < -0.39 is 0 Å². The molecular weight excluding hydrogens is 248 g/mol. The highest BCUT2D eigenvalue weighted by Crippen LogP contribution is 2.28. The quantitative estimate of drug-likeness (QED) is 0.822. The van der Waals surface area contributed by atoms with Gasteiger partial charge in [-0.15, -0.1) is 11.3 Å². The smallest absolute Gasteiger partial charge is 0.150 e. The third kappa shape index (κ3) is 3.23. The lowest BCUT2D eigenvalue weighted by atomic mass is 10.1. The van der Waals surface area contributed by atoms with Gasteiger partial charge in [0.1, 0.15) is 0 Å². The van der Waals surface area contributed by atoms with Crippen molar-refractivity contribution >= 4 is 40.5 Å². The molecule has 1 unspecified atom stereocenters. The number of carbonyl (C=O) groups excluding carboxylic acids is 1. The second-order valence-electron chi connectivity index (χ2n) is 3.70. The predicted octanol–water partition coefficient (Wildman–Crippen LogP) is 3.80. The van der Waals surface area contributed by atoms with Gasteiger partial charge in [-0.25, -0.2) is 0 Å². The van der Waals surface area contributed by atoms with Gasteiger partial charge >= 0.3 is 0 Å². The third-order valence-electron chi connectivity index (χ3n) is 2.52. The van der Waals surface area contributed by atoms with Crippen LogP contribution < -0.4 is 0 Å². The molecule has 0 amide bonds. The van der Waals surface area contributed by atoms with Crippen LogP contribution in [-0.4, -0.2) is 16.8 Å². The van der Waals surface area contributed by atoms with E-state index in [9.17, 15) is 4.79 Å². The number of rotatable bonds is 3. The zero-order valence-electron chi connectivity index (χ0n) is 8.37. The molecule has 2 heterocycles. The third-order valence-corrected chi connectivity index (χ3v) is 5.17. The average molecular weight is 261 g/mol. The molecule has 1 nitrogen and oxygen atoms in total. The predicted molar refractivity (Wildman–Crippen MR) is 68.1 cm³/mol. The van der Waals surface area contributed by atoms with Gasteiger partial charge in [0, 0.05) is 11.3 Å². The lowest BCUT2D eigenvalue weighted by Gasteiger charge is -2.19. The van der Waals surface area contributed by atoms with Gasteiger partial charge in [-0.3, -0.25) is 4.79 Å². The summed E-state index contributed by atoms with van der Waals surface area (Å²) in [6.07, 6.45) is 4.09. The topological polar surface area (TPSA) is 17.1 Å². The van der Waals surface area contributed by atoms with Crippen LogP contribution >= 0.6 is 34.7 Å². The summed E-state index contributed by atoms with van der Waals surface area (Å²) in [5.74, 6) is 1.51. The van der Waals surface area contributed by atoms with Crippen molar-refractivity contribution in [3.05, 3.63) is 21.3 Å². The molecule has 0 aliphatic carbocycles. The van der Waals surface area contributed by atoms with Crippen LogP contribution in [-0.2, 0) is 11.2 Å². The van der Waals surface area contributed by atoms with E-state index in [0.717, 1.165) is 21.4 Å². The Labute approximate surface area is 103 Å². The van der Waals surface area contributed by atoms with E-state index in [0.29, 0.717) is 12.2 Å². The van der Waals surface area contributed by atoms with Gasteiger partial charge in [-0.1, -0.05) is 18.0 Å². The van der Waals surface area contributed by atoms with Crippen LogP contribution in [0.5, 0.6) is 0 Å². The summed E-state index contributed by atoms with van der Waals surface area (Å²) in [5, 5.41) is 0.236. The van der Waals surface area contributed by atoms with E-state index in [1.165, 1.54) is 24.2 Å². The molecule has 0 aromatic carbocycles. The summed E-state index contributed by atoms with van der Waals surface area (Å²) < 4.78 is 0.772. The Morgan fingerprint density at radius 3 is 2.93 bits per heavy atom. The Kier molecular flexibility index (Phi) is 4.12. The zero-order valence-corrected chi connectivity index (χ0v) is 10.8. The Bertz CT molecular complexity index is 342. The molecule has 1 saturated heterocycles. The van der Waals surface area contributed by atoms with Crippen molar-refractivity contribution in [2.24, 2.45) is 0 Å². The Morgan fingerprint density at radius 1 is 1.47 bits per heavy atom. The van der Waals surface area contributed by atoms with E-state index in [4.69, 9.17) is 11.6 Å². The summed E-state index contributed by atoms with van der Waals surface area (Å²) in [6, 6.07) is 3.82. The van der Waals surface area contributed by atoms with Crippen molar-refractivity contribution < 1.29 is 4.79 Å². The Balaban J connectivity index is 1.91. The number of ketones is 1. The van der Waals surface area contributed by atoms with E-state index in [2.05, 4.69) is 0 Å². The minimum absolute atomic E-state index is 0.236. The minimum atomic E-state index is 0.236. The van der Waals surface area contributed by atoms with Gasteiger partial charge in [-0.05, 0) is 30.7 Å². The molecule has 1 aromatic heterocycles.